The Balaban J connectivity index is -0.000000163. The molecule has 0 fully saturated rings. The first-order chi connectivity index (χ1) is 5.59. The molecule has 0 aromatic heterocycles. The van der Waals surface area contributed by atoms with Gasteiger partial charge in [-0.25, -0.2) is 9.59 Å². The van der Waals surface area contributed by atoms with Gasteiger partial charge in [0.1, 0.15) is 0 Å². The predicted octanol–water partition coefficient (Wildman–Crippen LogP) is -2.63. The number of halogens is 5. The van der Waals surface area contributed by atoms with Gasteiger partial charge in [0, 0.05) is 0 Å². The molecule has 0 rings (SSSR count). The first kappa shape index (κ1) is 19.3. The van der Waals surface area contributed by atoms with Gasteiger partial charge in [0.25, 0.3) is 0 Å². The second kappa shape index (κ2) is 8.04. The van der Waals surface area contributed by atoms with E-state index in [1.165, 1.54) is 0 Å². The van der Waals surface area contributed by atoms with Crippen molar-refractivity contribution in [1.29, 1.82) is 0 Å². The van der Waals surface area contributed by atoms with Crippen LogP contribution in [0.25, 0.3) is 0 Å². The Kier molecular flexibility index (Phi) is 11.1. The molecule has 0 radical (unpaired) electrons. The standard InChI is InChI=1S/C2F2O2.CHF3O2S.Li/c3-1(5)2(4)6;2-1(3,4)7(5)6;/h;(H,5,6);/q;;+1/p-1. The minimum absolute atomic E-state index is 0. The number of hydrogen-bond acceptors (Lipinski definition) is 4. The molecule has 0 heterocycles. The van der Waals surface area contributed by atoms with Crippen LogP contribution in [0.1, 0.15) is 0 Å². The SMILES string of the molecule is O=C(F)C(=O)F.O=S([O-])C(F)(F)F.[Li+]. The summed E-state index contributed by atoms with van der Waals surface area (Å²) >= 11 is -3.93. The van der Waals surface area contributed by atoms with Crippen molar-refractivity contribution in [3.05, 3.63) is 0 Å². The van der Waals surface area contributed by atoms with E-state index in [4.69, 9.17) is 18.4 Å². The zero-order valence-corrected chi connectivity index (χ0v) is 7.25. The second-order valence-corrected chi connectivity index (χ2v) is 2.16. The molecule has 0 saturated carbocycles. The van der Waals surface area contributed by atoms with Crippen LogP contribution >= 0.6 is 0 Å². The topological polar surface area (TPSA) is 74.3 Å². The van der Waals surface area contributed by atoms with Crippen molar-refractivity contribution >= 4 is 23.2 Å². The average molecular weight is 234 g/mol. The molecule has 0 aliphatic heterocycles. The molecule has 0 aromatic rings. The summed E-state index contributed by atoms with van der Waals surface area (Å²) in [6.07, 6.45) is 0. The molecule has 1 atom stereocenters. The summed E-state index contributed by atoms with van der Waals surface area (Å²) in [7, 11) is 0. The molecule has 0 bridgehead atoms. The number of rotatable bonds is 1. The van der Waals surface area contributed by atoms with Crippen LogP contribution in [0, 0.1) is 0 Å². The summed E-state index contributed by atoms with van der Waals surface area (Å²) in [5.74, 6) is 0. The second-order valence-electron chi connectivity index (χ2n) is 1.23. The van der Waals surface area contributed by atoms with E-state index in [-0.39, 0.29) is 18.9 Å². The van der Waals surface area contributed by atoms with Crippen molar-refractivity contribution in [2.45, 2.75) is 5.51 Å². The zero-order chi connectivity index (χ0) is 11.2. The maximum Gasteiger partial charge on any atom is 1.00 e. The van der Waals surface area contributed by atoms with Gasteiger partial charge in [-0.15, -0.1) is 0 Å². The van der Waals surface area contributed by atoms with Crippen LogP contribution in [0.15, 0.2) is 0 Å². The molecule has 0 aromatic carbocycles. The first-order valence-corrected chi connectivity index (χ1v) is 3.22. The summed E-state index contributed by atoms with van der Waals surface area (Å²) in [4.78, 5) is 17.5. The molecule has 0 N–H and O–H groups in total. The molecule has 0 amide bonds. The van der Waals surface area contributed by atoms with E-state index in [0.29, 0.717) is 0 Å². The third-order valence-corrected chi connectivity index (χ3v) is 0.721. The molecular formula is C3F5LiO4S. The van der Waals surface area contributed by atoms with Crippen LogP contribution in [0.4, 0.5) is 22.0 Å². The third-order valence-electron chi connectivity index (χ3n) is 0.344. The number of hydrogen-bond donors (Lipinski definition) is 0. The largest absolute Gasteiger partial charge is 1.00 e. The number of alkyl halides is 3. The maximum atomic E-state index is 10.6. The van der Waals surface area contributed by atoms with E-state index in [9.17, 15) is 22.0 Å². The van der Waals surface area contributed by atoms with Gasteiger partial charge in [0.15, 0.2) is 0 Å². The van der Waals surface area contributed by atoms with Gasteiger partial charge in [-0.05, 0) is 0 Å². The van der Waals surface area contributed by atoms with Gasteiger partial charge in [-0.3, -0.25) is 4.21 Å². The Hall–Kier alpha value is -0.303. The van der Waals surface area contributed by atoms with Crippen LogP contribution in [0.3, 0.4) is 0 Å². The minimum atomic E-state index is -5.08. The molecule has 1 unspecified atom stereocenters. The predicted molar refractivity (Wildman–Crippen MR) is 27.2 cm³/mol. The van der Waals surface area contributed by atoms with Crippen molar-refractivity contribution in [1.82, 2.24) is 0 Å². The average Bonchev–Trinajstić information content (AvgIpc) is 1.86. The van der Waals surface area contributed by atoms with E-state index in [1.807, 2.05) is 0 Å². The fourth-order valence-electron chi connectivity index (χ4n) is 0. The Morgan fingerprint density at radius 1 is 1.07 bits per heavy atom. The smallest absolute Gasteiger partial charge is 0.766 e. The molecule has 0 aliphatic carbocycles. The zero-order valence-electron chi connectivity index (χ0n) is 6.43. The molecule has 14 heavy (non-hydrogen) atoms. The van der Waals surface area contributed by atoms with Crippen molar-refractivity contribution in [3.8, 4) is 0 Å². The van der Waals surface area contributed by atoms with Crippen LogP contribution < -0.4 is 18.9 Å². The van der Waals surface area contributed by atoms with Crippen LogP contribution in [0.2, 0.25) is 0 Å². The minimum Gasteiger partial charge on any atom is -0.766 e. The Bertz CT molecular complexity index is 216. The van der Waals surface area contributed by atoms with Crippen molar-refractivity contribution in [2.75, 3.05) is 0 Å². The van der Waals surface area contributed by atoms with Crippen molar-refractivity contribution < 1.29 is 59.2 Å². The summed E-state index contributed by atoms with van der Waals surface area (Å²) in [6, 6.07) is -5.09. The van der Waals surface area contributed by atoms with Gasteiger partial charge in [0.2, 0.25) is 0 Å². The van der Waals surface area contributed by atoms with Gasteiger partial charge in [-0.1, -0.05) is 0 Å². The van der Waals surface area contributed by atoms with Gasteiger partial charge >= 0.3 is 36.4 Å². The van der Waals surface area contributed by atoms with E-state index in [1.54, 1.807) is 0 Å². The molecule has 0 saturated heterocycles. The van der Waals surface area contributed by atoms with Gasteiger partial charge in [0.05, 0.1) is 11.1 Å². The van der Waals surface area contributed by atoms with E-state index >= 15 is 0 Å². The molecule has 11 heteroatoms. The Labute approximate surface area is 88.3 Å². The maximum absolute atomic E-state index is 10.6. The van der Waals surface area contributed by atoms with E-state index in [2.05, 4.69) is 0 Å². The summed E-state index contributed by atoms with van der Waals surface area (Å²) in [5, 5.41) is 0. The summed E-state index contributed by atoms with van der Waals surface area (Å²) < 4.78 is 70.4. The normalized spacial score (nSPS) is 11.6. The van der Waals surface area contributed by atoms with Crippen LogP contribution in [0.5, 0.6) is 0 Å². The fourth-order valence-corrected chi connectivity index (χ4v) is 0. The quantitative estimate of drug-likeness (QED) is 0.163. The van der Waals surface area contributed by atoms with Crippen LogP contribution in [-0.4, -0.2) is 26.3 Å². The third kappa shape index (κ3) is 14.2. The number of carbonyl (C=O) groups excluding carboxylic acids is 2. The summed E-state index contributed by atoms with van der Waals surface area (Å²) in [6.45, 7) is 0. The molecular weight excluding hydrogens is 234 g/mol. The van der Waals surface area contributed by atoms with Crippen LogP contribution in [-0.2, 0) is 20.7 Å². The Morgan fingerprint density at radius 3 is 1.21 bits per heavy atom. The fraction of sp³-hybridized carbons (Fsp3) is 0.333. The molecule has 4 nitrogen and oxygen atoms in total. The van der Waals surface area contributed by atoms with E-state index in [0.717, 1.165) is 0 Å². The van der Waals surface area contributed by atoms with Gasteiger partial charge < -0.3 is 4.55 Å². The monoisotopic (exact) mass is 234 g/mol. The molecule has 78 valence electrons. The number of carbonyl (C=O) groups is 2. The Morgan fingerprint density at radius 2 is 1.21 bits per heavy atom. The molecule has 0 aliphatic rings. The van der Waals surface area contributed by atoms with Crippen molar-refractivity contribution in [3.63, 3.8) is 0 Å². The summed E-state index contributed by atoms with van der Waals surface area (Å²) in [5.41, 5.74) is -5.08. The first-order valence-electron chi connectivity index (χ1n) is 2.14. The molecule has 0 spiro atoms. The van der Waals surface area contributed by atoms with E-state index < -0.39 is 28.7 Å². The van der Waals surface area contributed by atoms with Crippen molar-refractivity contribution in [2.24, 2.45) is 0 Å². The van der Waals surface area contributed by atoms with Gasteiger partial charge in [-0.2, -0.15) is 22.0 Å².